The van der Waals surface area contributed by atoms with Crippen LogP contribution < -0.4 is 4.74 Å². The van der Waals surface area contributed by atoms with Gasteiger partial charge in [-0.2, -0.15) is 0 Å². The molecule has 1 amide bonds. The van der Waals surface area contributed by atoms with Crippen molar-refractivity contribution in [3.05, 3.63) is 69.2 Å². The summed E-state index contributed by atoms with van der Waals surface area (Å²) in [6.45, 7) is 3.49. The number of benzene rings is 2. The summed E-state index contributed by atoms with van der Waals surface area (Å²) in [6, 6.07) is 13.5. The molecule has 0 aliphatic carbocycles. The summed E-state index contributed by atoms with van der Waals surface area (Å²) in [4.78, 5) is 44.8. The molecule has 12 heteroatoms. The summed E-state index contributed by atoms with van der Waals surface area (Å²) < 4.78 is 5.51. The second-order valence-electron chi connectivity index (χ2n) is 6.93. The molecule has 1 aliphatic rings. The SMILES string of the molecule is O=C(COc1ccc(Cl)cc1)N1CCN(Cc2ccc([N+](=O)[O-])cc2)CC1.O=C(O)C(=O)O. The highest BCUT2D eigenvalue weighted by Gasteiger charge is 2.21. The highest BCUT2D eigenvalue weighted by atomic mass is 35.5. The number of aliphatic carboxylic acids is 2. The second-order valence-corrected chi connectivity index (χ2v) is 7.37. The standard InChI is InChI=1S/C19H20ClN3O4.C2H2O4/c20-16-3-7-18(8-4-16)27-14-19(24)22-11-9-21(10-12-22)13-15-1-5-17(6-2-15)23(25)26;3-1(4)2(5)6/h1-8H,9-14H2;(H,3,4)(H,5,6). The quantitative estimate of drug-likeness (QED) is 0.360. The van der Waals surface area contributed by atoms with Gasteiger partial charge in [0.05, 0.1) is 4.92 Å². The van der Waals surface area contributed by atoms with E-state index in [-0.39, 0.29) is 18.2 Å². The van der Waals surface area contributed by atoms with Gasteiger partial charge in [0.2, 0.25) is 0 Å². The number of amides is 1. The molecule has 11 nitrogen and oxygen atoms in total. The topological polar surface area (TPSA) is 151 Å². The number of carboxylic acid groups (broad SMARTS) is 2. The van der Waals surface area contributed by atoms with Gasteiger partial charge < -0.3 is 19.8 Å². The van der Waals surface area contributed by atoms with Crippen LogP contribution in [0.15, 0.2) is 48.5 Å². The maximum atomic E-state index is 12.3. The van der Waals surface area contributed by atoms with E-state index in [0.717, 1.165) is 18.7 Å². The number of nitro groups is 1. The van der Waals surface area contributed by atoms with E-state index in [2.05, 4.69) is 4.90 Å². The third-order valence-corrected chi connectivity index (χ3v) is 4.89. The normalized spacial score (nSPS) is 13.4. The summed E-state index contributed by atoms with van der Waals surface area (Å²) >= 11 is 5.82. The molecule has 1 heterocycles. The van der Waals surface area contributed by atoms with E-state index in [1.807, 2.05) is 0 Å². The Morgan fingerprint density at radius 2 is 1.48 bits per heavy atom. The van der Waals surface area contributed by atoms with Crippen LogP contribution in [0.25, 0.3) is 0 Å². The molecule has 0 unspecified atom stereocenters. The minimum atomic E-state index is -1.82. The molecule has 0 bridgehead atoms. The monoisotopic (exact) mass is 479 g/mol. The minimum Gasteiger partial charge on any atom is -0.484 e. The van der Waals surface area contributed by atoms with Crippen molar-refractivity contribution in [1.29, 1.82) is 0 Å². The number of ether oxygens (including phenoxy) is 1. The van der Waals surface area contributed by atoms with Crippen molar-refractivity contribution >= 4 is 35.1 Å². The molecular weight excluding hydrogens is 458 g/mol. The van der Waals surface area contributed by atoms with E-state index in [1.54, 1.807) is 41.3 Å². The zero-order valence-electron chi connectivity index (χ0n) is 17.4. The highest BCUT2D eigenvalue weighted by Crippen LogP contribution is 2.16. The Hall–Kier alpha value is -3.70. The van der Waals surface area contributed by atoms with Gasteiger partial charge in [-0.3, -0.25) is 19.8 Å². The molecule has 1 fully saturated rings. The molecule has 0 spiro atoms. The van der Waals surface area contributed by atoms with Gasteiger partial charge in [0.1, 0.15) is 5.75 Å². The fourth-order valence-electron chi connectivity index (χ4n) is 2.90. The summed E-state index contributed by atoms with van der Waals surface area (Å²) in [5.41, 5.74) is 1.11. The first kappa shape index (κ1) is 25.6. The number of nitrogens with zero attached hydrogens (tertiary/aromatic N) is 3. The van der Waals surface area contributed by atoms with Crippen LogP contribution in [0.4, 0.5) is 5.69 Å². The number of halogens is 1. The van der Waals surface area contributed by atoms with E-state index in [4.69, 9.17) is 36.1 Å². The fraction of sp³-hybridized carbons (Fsp3) is 0.286. The maximum Gasteiger partial charge on any atom is 0.414 e. The van der Waals surface area contributed by atoms with Gasteiger partial charge in [0.15, 0.2) is 6.61 Å². The Kier molecular flexibility index (Phi) is 9.58. The number of hydrogen-bond donors (Lipinski definition) is 2. The van der Waals surface area contributed by atoms with E-state index >= 15 is 0 Å². The first-order chi connectivity index (χ1) is 15.7. The number of carboxylic acids is 2. The van der Waals surface area contributed by atoms with Gasteiger partial charge in [0, 0.05) is 49.9 Å². The van der Waals surface area contributed by atoms with E-state index in [0.29, 0.717) is 30.4 Å². The third-order valence-electron chi connectivity index (χ3n) is 4.64. The van der Waals surface area contributed by atoms with Crippen LogP contribution in [0.3, 0.4) is 0 Å². The van der Waals surface area contributed by atoms with Crippen LogP contribution in [-0.4, -0.2) is 75.6 Å². The summed E-state index contributed by atoms with van der Waals surface area (Å²) in [5.74, 6) is -3.07. The van der Waals surface area contributed by atoms with Crippen molar-refractivity contribution in [2.24, 2.45) is 0 Å². The number of carbonyl (C=O) groups is 3. The van der Waals surface area contributed by atoms with Crippen molar-refractivity contribution in [3.63, 3.8) is 0 Å². The number of piperazine rings is 1. The zero-order chi connectivity index (χ0) is 24.4. The maximum absolute atomic E-state index is 12.3. The van der Waals surface area contributed by atoms with Crippen LogP contribution >= 0.6 is 11.6 Å². The van der Waals surface area contributed by atoms with Gasteiger partial charge in [0.25, 0.3) is 11.6 Å². The number of rotatable bonds is 6. The molecular formula is C21H22ClN3O8. The van der Waals surface area contributed by atoms with Gasteiger partial charge >= 0.3 is 11.9 Å². The first-order valence-corrected chi connectivity index (χ1v) is 10.1. The molecule has 33 heavy (non-hydrogen) atoms. The van der Waals surface area contributed by atoms with Gasteiger partial charge in [-0.1, -0.05) is 23.7 Å². The van der Waals surface area contributed by atoms with Gasteiger partial charge in [-0.05, 0) is 29.8 Å². The number of carbonyl (C=O) groups excluding carboxylic acids is 1. The third kappa shape index (κ3) is 8.75. The summed E-state index contributed by atoms with van der Waals surface area (Å²) in [6.07, 6.45) is 0. The van der Waals surface area contributed by atoms with Gasteiger partial charge in [-0.15, -0.1) is 0 Å². The van der Waals surface area contributed by atoms with E-state index in [1.165, 1.54) is 12.1 Å². The molecule has 2 N–H and O–H groups in total. The van der Waals surface area contributed by atoms with E-state index < -0.39 is 16.9 Å². The predicted molar refractivity (Wildman–Crippen MR) is 117 cm³/mol. The lowest BCUT2D eigenvalue weighted by Gasteiger charge is -2.34. The summed E-state index contributed by atoms with van der Waals surface area (Å²) in [7, 11) is 0. The Labute approximate surface area is 193 Å². The van der Waals surface area contributed by atoms with Crippen LogP contribution in [0.5, 0.6) is 5.75 Å². The molecule has 2 aromatic rings. The van der Waals surface area contributed by atoms with Crippen molar-refractivity contribution < 1.29 is 34.3 Å². The van der Waals surface area contributed by atoms with Crippen LogP contribution in [0, 0.1) is 10.1 Å². The molecule has 1 aliphatic heterocycles. The average molecular weight is 480 g/mol. The lowest BCUT2D eigenvalue weighted by molar-refractivity contribution is -0.384. The zero-order valence-corrected chi connectivity index (χ0v) is 18.2. The fourth-order valence-corrected chi connectivity index (χ4v) is 3.03. The van der Waals surface area contributed by atoms with Crippen molar-refractivity contribution in [3.8, 4) is 5.75 Å². The lowest BCUT2D eigenvalue weighted by atomic mass is 10.2. The van der Waals surface area contributed by atoms with Crippen LogP contribution in [0.1, 0.15) is 5.56 Å². The second kappa shape index (κ2) is 12.4. The average Bonchev–Trinajstić information content (AvgIpc) is 2.79. The molecule has 1 saturated heterocycles. The van der Waals surface area contributed by atoms with Crippen molar-refractivity contribution in [2.45, 2.75) is 6.54 Å². The van der Waals surface area contributed by atoms with Crippen molar-refractivity contribution in [1.82, 2.24) is 9.80 Å². The Balaban J connectivity index is 0.000000569. The highest BCUT2D eigenvalue weighted by molar-refractivity contribution is 6.30. The lowest BCUT2D eigenvalue weighted by Crippen LogP contribution is -2.49. The molecule has 3 rings (SSSR count). The van der Waals surface area contributed by atoms with Gasteiger partial charge in [-0.25, -0.2) is 9.59 Å². The van der Waals surface area contributed by atoms with E-state index in [9.17, 15) is 14.9 Å². The molecule has 176 valence electrons. The largest absolute Gasteiger partial charge is 0.484 e. The minimum absolute atomic E-state index is 0.00395. The Morgan fingerprint density at radius 1 is 0.939 bits per heavy atom. The van der Waals surface area contributed by atoms with Crippen LogP contribution in [-0.2, 0) is 20.9 Å². The number of hydrogen-bond acceptors (Lipinski definition) is 7. The molecule has 0 atom stereocenters. The molecule has 0 aromatic heterocycles. The Morgan fingerprint density at radius 3 is 1.97 bits per heavy atom. The first-order valence-electron chi connectivity index (χ1n) is 9.73. The Bertz CT molecular complexity index is 962. The predicted octanol–water partition coefficient (Wildman–Crippen LogP) is 2.13. The molecule has 0 saturated carbocycles. The summed E-state index contributed by atoms with van der Waals surface area (Å²) in [5, 5.41) is 26.1. The van der Waals surface area contributed by atoms with Crippen LogP contribution in [0.2, 0.25) is 5.02 Å². The van der Waals surface area contributed by atoms with Crippen molar-refractivity contribution in [2.75, 3.05) is 32.8 Å². The number of nitro benzene ring substituents is 1. The molecule has 0 radical (unpaired) electrons. The number of non-ortho nitro benzene ring substituents is 1. The molecule has 2 aromatic carbocycles. The smallest absolute Gasteiger partial charge is 0.414 e.